The number of anilines is 1. The van der Waals surface area contributed by atoms with Crippen molar-refractivity contribution in [2.24, 2.45) is 0 Å². The van der Waals surface area contributed by atoms with E-state index < -0.39 is 0 Å². The van der Waals surface area contributed by atoms with Crippen LogP contribution in [0.4, 0.5) is 5.13 Å². The summed E-state index contributed by atoms with van der Waals surface area (Å²) in [6, 6.07) is 16.6. The van der Waals surface area contributed by atoms with Crippen molar-refractivity contribution in [2.75, 3.05) is 11.9 Å². The van der Waals surface area contributed by atoms with E-state index in [1.807, 2.05) is 42.5 Å². The maximum absolute atomic E-state index is 12.7. The highest BCUT2D eigenvalue weighted by molar-refractivity contribution is 7.15. The molecule has 0 atom stereocenters. The quantitative estimate of drug-likeness (QED) is 0.762. The average Bonchev–Trinajstić information content (AvgIpc) is 3.05. The van der Waals surface area contributed by atoms with E-state index in [0.717, 1.165) is 17.0 Å². The van der Waals surface area contributed by atoms with Gasteiger partial charge >= 0.3 is 0 Å². The zero-order valence-electron chi connectivity index (χ0n) is 13.4. The smallest absolute Gasteiger partial charge is 0.261 e. The van der Waals surface area contributed by atoms with Gasteiger partial charge in [-0.25, -0.2) is 4.98 Å². The van der Waals surface area contributed by atoms with Crippen LogP contribution in [0.25, 0.3) is 0 Å². The van der Waals surface area contributed by atoms with E-state index >= 15 is 0 Å². The Morgan fingerprint density at radius 1 is 1.12 bits per heavy atom. The Kier molecular flexibility index (Phi) is 4.45. The molecular weight excluding hydrogens is 336 g/mol. The minimum Gasteiger partial charge on any atom is -0.457 e. The number of rotatable bonds is 4. The van der Waals surface area contributed by atoms with E-state index in [9.17, 15) is 4.79 Å². The van der Waals surface area contributed by atoms with Crippen molar-refractivity contribution in [3.63, 3.8) is 0 Å². The first-order valence-electron chi connectivity index (χ1n) is 7.99. The first-order chi connectivity index (χ1) is 12.3. The number of carbonyl (C=O) groups excluding carboxylic acids is 1. The lowest BCUT2D eigenvalue weighted by atomic mass is 10.2. The molecule has 6 heteroatoms. The van der Waals surface area contributed by atoms with Crippen LogP contribution in [0, 0.1) is 0 Å². The van der Waals surface area contributed by atoms with Gasteiger partial charge in [0, 0.05) is 6.42 Å². The fourth-order valence-corrected chi connectivity index (χ4v) is 3.54. The number of benzene rings is 2. The molecule has 1 N–H and O–H groups in total. The second-order valence-electron chi connectivity index (χ2n) is 5.56. The summed E-state index contributed by atoms with van der Waals surface area (Å²) < 4.78 is 11.3. The Hall–Kier alpha value is -2.70. The molecule has 2 aromatic carbocycles. The van der Waals surface area contributed by atoms with Gasteiger partial charge in [0.15, 0.2) is 5.13 Å². The molecule has 1 aromatic heterocycles. The van der Waals surface area contributed by atoms with Gasteiger partial charge < -0.3 is 9.47 Å². The van der Waals surface area contributed by atoms with Crippen LogP contribution in [0.5, 0.6) is 11.5 Å². The topological polar surface area (TPSA) is 60.5 Å². The number of nitrogens with zero attached hydrogens (tertiary/aromatic N) is 1. The Labute approximate surface area is 149 Å². The maximum atomic E-state index is 12.7. The molecule has 1 aliphatic rings. The summed E-state index contributed by atoms with van der Waals surface area (Å²) in [5.41, 5.74) is 1.48. The van der Waals surface area contributed by atoms with E-state index in [-0.39, 0.29) is 5.91 Å². The third kappa shape index (κ3) is 3.55. The molecule has 0 saturated heterocycles. The summed E-state index contributed by atoms with van der Waals surface area (Å²) in [6.07, 6.45) is 0.787. The molecule has 2 heterocycles. The van der Waals surface area contributed by atoms with Crippen molar-refractivity contribution in [1.29, 1.82) is 0 Å². The van der Waals surface area contributed by atoms with E-state index in [4.69, 9.17) is 9.47 Å². The van der Waals surface area contributed by atoms with Crippen molar-refractivity contribution in [2.45, 2.75) is 13.0 Å². The fourth-order valence-electron chi connectivity index (χ4n) is 2.60. The molecule has 0 aliphatic carbocycles. The van der Waals surface area contributed by atoms with Crippen LogP contribution < -0.4 is 10.1 Å². The second kappa shape index (κ2) is 7.04. The highest BCUT2D eigenvalue weighted by atomic mass is 32.1. The van der Waals surface area contributed by atoms with Gasteiger partial charge in [-0.3, -0.25) is 10.1 Å². The summed E-state index contributed by atoms with van der Waals surface area (Å²) in [7, 11) is 0. The number of hydrogen-bond acceptors (Lipinski definition) is 5. The molecule has 5 nitrogen and oxygen atoms in total. The van der Waals surface area contributed by atoms with Crippen LogP contribution in [0.15, 0.2) is 54.6 Å². The largest absolute Gasteiger partial charge is 0.457 e. The third-order valence-corrected chi connectivity index (χ3v) is 4.80. The van der Waals surface area contributed by atoms with Gasteiger partial charge in [-0.2, -0.15) is 0 Å². The summed E-state index contributed by atoms with van der Waals surface area (Å²) in [5, 5.41) is 3.47. The van der Waals surface area contributed by atoms with Crippen LogP contribution in [-0.4, -0.2) is 17.5 Å². The average molecular weight is 352 g/mol. The fraction of sp³-hybridized carbons (Fsp3) is 0.158. The van der Waals surface area contributed by atoms with Gasteiger partial charge in [-0.05, 0) is 24.3 Å². The molecule has 0 unspecified atom stereocenters. The number of nitrogens with one attached hydrogen (secondary N) is 1. The van der Waals surface area contributed by atoms with Gasteiger partial charge in [0.05, 0.1) is 29.3 Å². The summed E-state index contributed by atoms with van der Waals surface area (Å²) in [5.74, 6) is 0.957. The van der Waals surface area contributed by atoms with Crippen molar-refractivity contribution < 1.29 is 14.3 Å². The molecule has 126 valence electrons. The minimum absolute atomic E-state index is 0.237. The zero-order chi connectivity index (χ0) is 17.1. The van der Waals surface area contributed by atoms with Gasteiger partial charge in [0.1, 0.15) is 11.5 Å². The number of ether oxygens (including phenoxy) is 2. The molecule has 0 saturated carbocycles. The number of fused-ring (bicyclic) bond motifs is 1. The van der Waals surface area contributed by atoms with Crippen molar-refractivity contribution >= 4 is 22.4 Å². The van der Waals surface area contributed by atoms with E-state index in [0.29, 0.717) is 35.4 Å². The van der Waals surface area contributed by atoms with Gasteiger partial charge in [-0.1, -0.05) is 41.7 Å². The molecule has 1 aliphatic heterocycles. The molecular formula is C19H16N2O3S. The van der Waals surface area contributed by atoms with Gasteiger partial charge in [-0.15, -0.1) is 0 Å². The molecule has 3 aromatic rings. The third-order valence-electron chi connectivity index (χ3n) is 3.82. The van der Waals surface area contributed by atoms with Crippen LogP contribution >= 0.6 is 11.3 Å². The lowest BCUT2D eigenvalue weighted by molar-refractivity contribution is 0.102. The first kappa shape index (κ1) is 15.8. The van der Waals surface area contributed by atoms with Crippen LogP contribution in [0.1, 0.15) is 20.9 Å². The van der Waals surface area contributed by atoms with Crippen molar-refractivity contribution in [3.05, 3.63) is 70.7 Å². The Morgan fingerprint density at radius 2 is 1.92 bits per heavy atom. The highest BCUT2D eigenvalue weighted by Crippen LogP contribution is 2.29. The van der Waals surface area contributed by atoms with E-state index in [2.05, 4.69) is 10.3 Å². The number of hydrogen-bond donors (Lipinski definition) is 1. The summed E-state index contributed by atoms with van der Waals surface area (Å²) >= 11 is 1.46. The molecule has 0 bridgehead atoms. The predicted octanol–water partition coefficient (Wildman–Crippen LogP) is 4.26. The van der Waals surface area contributed by atoms with Gasteiger partial charge in [0.2, 0.25) is 0 Å². The molecule has 4 rings (SSSR count). The lowest BCUT2D eigenvalue weighted by Crippen LogP contribution is -2.13. The lowest BCUT2D eigenvalue weighted by Gasteiger charge is -2.10. The number of thiazole rings is 1. The normalized spacial score (nSPS) is 13.1. The molecule has 25 heavy (non-hydrogen) atoms. The summed E-state index contributed by atoms with van der Waals surface area (Å²) in [6.45, 7) is 1.24. The number of carbonyl (C=O) groups is 1. The van der Waals surface area contributed by atoms with Crippen LogP contribution in [0.3, 0.4) is 0 Å². The summed E-state index contributed by atoms with van der Waals surface area (Å²) in [4.78, 5) is 18.3. The van der Waals surface area contributed by atoms with E-state index in [1.165, 1.54) is 11.3 Å². The van der Waals surface area contributed by atoms with Crippen LogP contribution in [0.2, 0.25) is 0 Å². The maximum Gasteiger partial charge on any atom is 0.261 e. The molecule has 0 radical (unpaired) electrons. The first-order valence-corrected chi connectivity index (χ1v) is 8.81. The SMILES string of the molecule is O=C(Nc1nc2c(s1)COCC2)c1ccccc1Oc1ccccc1. The predicted molar refractivity (Wildman–Crippen MR) is 96.4 cm³/mol. The van der Waals surface area contributed by atoms with Crippen LogP contribution in [-0.2, 0) is 17.8 Å². The molecule has 0 fully saturated rings. The Balaban J connectivity index is 1.55. The van der Waals surface area contributed by atoms with Crippen molar-refractivity contribution in [3.8, 4) is 11.5 Å². The molecule has 1 amide bonds. The second-order valence-corrected chi connectivity index (χ2v) is 6.64. The monoisotopic (exact) mass is 352 g/mol. The number of aromatic nitrogens is 1. The minimum atomic E-state index is -0.237. The van der Waals surface area contributed by atoms with Gasteiger partial charge in [0.25, 0.3) is 5.91 Å². The molecule has 0 spiro atoms. The van der Waals surface area contributed by atoms with Crippen molar-refractivity contribution in [1.82, 2.24) is 4.98 Å². The standard InChI is InChI=1S/C19H16N2O3S/c22-18(21-19-20-15-10-11-23-12-17(15)25-19)14-8-4-5-9-16(14)24-13-6-2-1-3-7-13/h1-9H,10-12H2,(H,20,21,22). The Bertz CT molecular complexity index is 869. The Morgan fingerprint density at radius 3 is 2.76 bits per heavy atom. The number of para-hydroxylation sites is 2. The van der Waals surface area contributed by atoms with E-state index in [1.54, 1.807) is 12.1 Å². The zero-order valence-corrected chi connectivity index (χ0v) is 14.2. The number of amides is 1. The highest BCUT2D eigenvalue weighted by Gasteiger charge is 2.19.